The molecule has 2 aliphatic rings. The van der Waals surface area contributed by atoms with Crippen molar-refractivity contribution in [3.8, 4) is 5.75 Å². The number of carbonyl (C=O) groups is 2. The summed E-state index contributed by atoms with van der Waals surface area (Å²) in [7, 11) is 3.61. The Morgan fingerprint density at radius 2 is 1.58 bits per heavy atom. The summed E-state index contributed by atoms with van der Waals surface area (Å²) in [5.74, 6) is 0.305. The van der Waals surface area contributed by atoms with E-state index in [1.54, 1.807) is 7.05 Å². The van der Waals surface area contributed by atoms with Gasteiger partial charge in [0.05, 0.1) is 12.2 Å². The van der Waals surface area contributed by atoms with Crippen molar-refractivity contribution in [3.05, 3.63) is 35.5 Å². The maximum atomic E-state index is 12.6. The molecule has 0 N–H and O–H groups in total. The highest BCUT2D eigenvalue weighted by Crippen LogP contribution is 2.32. The molecule has 0 bridgehead atoms. The number of benzene rings is 1. The van der Waals surface area contributed by atoms with Gasteiger partial charge in [-0.1, -0.05) is 12.1 Å². The van der Waals surface area contributed by atoms with E-state index in [4.69, 9.17) is 4.74 Å². The Hall–Kier alpha value is -2.34. The van der Waals surface area contributed by atoms with Crippen molar-refractivity contribution in [2.75, 3.05) is 46.9 Å². The van der Waals surface area contributed by atoms with Gasteiger partial charge in [0.25, 0.3) is 11.8 Å². The summed E-state index contributed by atoms with van der Waals surface area (Å²) in [5.41, 5.74) is 1.78. The number of hydrogen-bond acceptors (Lipinski definition) is 5. The minimum absolute atomic E-state index is 0.214. The van der Waals surface area contributed by atoms with E-state index in [9.17, 15) is 9.59 Å². The molecule has 0 aliphatic carbocycles. The highest BCUT2D eigenvalue weighted by molar-refractivity contribution is 6.35. The number of imide groups is 1. The Balaban J connectivity index is 1.98. The second kappa shape index (κ2) is 6.65. The maximum absolute atomic E-state index is 12.6. The quantitative estimate of drug-likeness (QED) is 0.773. The van der Waals surface area contributed by atoms with Gasteiger partial charge in [0.2, 0.25) is 0 Å². The van der Waals surface area contributed by atoms with Crippen LogP contribution in [-0.2, 0) is 9.59 Å². The number of ether oxygens (including phenoxy) is 1. The number of rotatable bonds is 4. The molecule has 0 atom stereocenters. The molecule has 1 aromatic carbocycles. The average Bonchev–Trinajstić information content (AvgIpc) is 2.81. The molecule has 6 heteroatoms. The van der Waals surface area contributed by atoms with Crippen LogP contribution in [0.5, 0.6) is 5.75 Å². The summed E-state index contributed by atoms with van der Waals surface area (Å²) in [6, 6.07) is 7.37. The zero-order valence-electron chi connectivity index (χ0n) is 14.4. The molecule has 24 heavy (non-hydrogen) atoms. The highest BCUT2D eigenvalue weighted by atomic mass is 16.5. The second-order valence-corrected chi connectivity index (χ2v) is 6.14. The Morgan fingerprint density at radius 3 is 2.17 bits per heavy atom. The van der Waals surface area contributed by atoms with Crippen LogP contribution in [0.2, 0.25) is 0 Å². The van der Waals surface area contributed by atoms with Crippen molar-refractivity contribution >= 4 is 17.4 Å². The van der Waals surface area contributed by atoms with E-state index in [0.29, 0.717) is 17.9 Å². The van der Waals surface area contributed by atoms with Gasteiger partial charge in [0.15, 0.2) is 0 Å². The van der Waals surface area contributed by atoms with Crippen molar-refractivity contribution < 1.29 is 14.3 Å². The van der Waals surface area contributed by atoms with Crippen LogP contribution in [0.4, 0.5) is 0 Å². The number of likely N-dealkylation sites (N-methyl/N-ethyl adjacent to an activating group) is 2. The first kappa shape index (κ1) is 16.5. The first-order chi connectivity index (χ1) is 11.5. The summed E-state index contributed by atoms with van der Waals surface area (Å²) in [4.78, 5) is 30.7. The molecule has 0 saturated carbocycles. The lowest BCUT2D eigenvalue weighted by Crippen LogP contribution is -2.45. The van der Waals surface area contributed by atoms with Gasteiger partial charge >= 0.3 is 0 Å². The lowest BCUT2D eigenvalue weighted by molar-refractivity contribution is -0.136. The van der Waals surface area contributed by atoms with Crippen LogP contribution in [0.25, 0.3) is 5.57 Å². The van der Waals surface area contributed by atoms with Crippen molar-refractivity contribution in [1.29, 1.82) is 0 Å². The third-order valence-corrected chi connectivity index (χ3v) is 4.54. The highest BCUT2D eigenvalue weighted by Gasteiger charge is 2.39. The van der Waals surface area contributed by atoms with E-state index in [1.807, 2.05) is 36.1 Å². The standard InChI is InChI=1S/C18H23N3O3/c1-4-24-14-7-5-13(6-8-14)15-16(18(23)20(3)17(15)22)21-11-9-19(2)10-12-21/h5-8H,4,9-12H2,1-3H3. The normalized spacial score (nSPS) is 19.5. The second-order valence-electron chi connectivity index (χ2n) is 6.14. The SMILES string of the molecule is CCOc1ccc(C2=C(N3CCN(C)CC3)C(=O)N(C)C2=O)cc1. The van der Waals surface area contributed by atoms with Crippen LogP contribution in [-0.4, -0.2) is 73.4 Å². The molecule has 0 radical (unpaired) electrons. The molecule has 3 rings (SSSR count). The lowest BCUT2D eigenvalue weighted by atomic mass is 10.0. The summed E-state index contributed by atoms with van der Waals surface area (Å²) >= 11 is 0. The third kappa shape index (κ3) is 2.89. The maximum Gasteiger partial charge on any atom is 0.277 e. The monoisotopic (exact) mass is 329 g/mol. The minimum atomic E-state index is -0.238. The minimum Gasteiger partial charge on any atom is -0.494 e. The predicted octanol–water partition coefficient (Wildman–Crippen LogP) is 1.04. The molecular weight excluding hydrogens is 306 g/mol. The number of nitrogens with zero attached hydrogens (tertiary/aromatic N) is 3. The Bertz CT molecular complexity index is 673. The average molecular weight is 329 g/mol. The molecule has 2 heterocycles. The van der Waals surface area contributed by atoms with E-state index in [1.165, 1.54) is 4.90 Å². The molecule has 2 amide bonds. The van der Waals surface area contributed by atoms with Crippen LogP contribution in [0.1, 0.15) is 12.5 Å². The molecule has 1 aromatic rings. The van der Waals surface area contributed by atoms with Crippen molar-refractivity contribution in [2.45, 2.75) is 6.92 Å². The first-order valence-corrected chi connectivity index (χ1v) is 8.26. The molecule has 0 unspecified atom stereocenters. The van der Waals surface area contributed by atoms with E-state index in [2.05, 4.69) is 11.9 Å². The lowest BCUT2D eigenvalue weighted by Gasteiger charge is -2.34. The number of piperazine rings is 1. The number of amides is 2. The van der Waals surface area contributed by atoms with Crippen LogP contribution in [0.15, 0.2) is 30.0 Å². The zero-order chi connectivity index (χ0) is 17.3. The van der Waals surface area contributed by atoms with Crippen molar-refractivity contribution in [1.82, 2.24) is 14.7 Å². The molecule has 6 nitrogen and oxygen atoms in total. The summed E-state index contributed by atoms with van der Waals surface area (Å²) in [5, 5.41) is 0. The molecule has 1 saturated heterocycles. The third-order valence-electron chi connectivity index (χ3n) is 4.54. The van der Waals surface area contributed by atoms with E-state index in [0.717, 1.165) is 37.5 Å². The van der Waals surface area contributed by atoms with Crippen LogP contribution < -0.4 is 4.74 Å². The molecule has 0 aromatic heterocycles. The van der Waals surface area contributed by atoms with Gasteiger partial charge < -0.3 is 14.5 Å². The van der Waals surface area contributed by atoms with Gasteiger partial charge in [-0.3, -0.25) is 14.5 Å². The first-order valence-electron chi connectivity index (χ1n) is 8.26. The van der Waals surface area contributed by atoms with E-state index < -0.39 is 0 Å². The Morgan fingerprint density at radius 1 is 0.958 bits per heavy atom. The molecule has 1 fully saturated rings. The smallest absolute Gasteiger partial charge is 0.277 e. The fraction of sp³-hybridized carbons (Fsp3) is 0.444. The fourth-order valence-electron chi connectivity index (χ4n) is 3.10. The number of hydrogen-bond donors (Lipinski definition) is 0. The summed E-state index contributed by atoms with van der Waals surface area (Å²) < 4.78 is 5.45. The van der Waals surface area contributed by atoms with Gasteiger partial charge in [0, 0.05) is 33.2 Å². The van der Waals surface area contributed by atoms with Crippen molar-refractivity contribution in [2.24, 2.45) is 0 Å². The predicted molar refractivity (Wildman–Crippen MR) is 91.4 cm³/mol. The van der Waals surface area contributed by atoms with Crippen LogP contribution in [0.3, 0.4) is 0 Å². The van der Waals surface area contributed by atoms with Gasteiger partial charge in [-0.25, -0.2) is 0 Å². The topological polar surface area (TPSA) is 53.1 Å². The van der Waals surface area contributed by atoms with Gasteiger partial charge in [-0.2, -0.15) is 0 Å². The zero-order valence-corrected chi connectivity index (χ0v) is 14.4. The van der Waals surface area contributed by atoms with Crippen LogP contribution in [0, 0.1) is 0 Å². The van der Waals surface area contributed by atoms with Crippen molar-refractivity contribution in [3.63, 3.8) is 0 Å². The molecular formula is C18H23N3O3. The molecule has 128 valence electrons. The summed E-state index contributed by atoms with van der Waals surface area (Å²) in [6.07, 6.45) is 0. The van der Waals surface area contributed by atoms with Gasteiger partial charge in [-0.15, -0.1) is 0 Å². The van der Waals surface area contributed by atoms with Gasteiger partial charge in [0.1, 0.15) is 11.4 Å². The largest absolute Gasteiger partial charge is 0.494 e. The van der Waals surface area contributed by atoms with Gasteiger partial charge in [-0.05, 0) is 31.7 Å². The Kier molecular flexibility index (Phi) is 4.57. The Labute approximate surface area is 142 Å². The fourth-order valence-corrected chi connectivity index (χ4v) is 3.10. The summed E-state index contributed by atoms with van der Waals surface area (Å²) in [6.45, 7) is 5.78. The van der Waals surface area contributed by atoms with Crippen LogP contribution >= 0.6 is 0 Å². The molecule has 0 spiro atoms. The van der Waals surface area contributed by atoms with E-state index in [-0.39, 0.29) is 11.8 Å². The molecule has 2 aliphatic heterocycles. The number of carbonyl (C=O) groups excluding carboxylic acids is 2. The van der Waals surface area contributed by atoms with E-state index >= 15 is 0 Å².